The summed E-state index contributed by atoms with van der Waals surface area (Å²) in [6.45, 7) is 30.5. The summed E-state index contributed by atoms with van der Waals surface area (Å²) in [5.41, 5.74) is 20.2. The number of benzene rings is 5. The molecule has 5 aromatic rings. The molecule has 0 radical (unpaired) electrons. The Balaban J connectivity index is 1.27. The molecule has 3 nitrogen and oxygen atoms in total. The van der Waals surface area contributed by atoms with Gasteiger partial charge in [0, 0.05) is 50.6 Å². The van der Waals surface area contributed by atoms with E-state index in [2.05, 4.69) is 180 Å². The molecule has 6 aliphatic rings. The minimum atomic E-state index is -1.68. The Morgan fingerprint density at radius 3 is 1.72 bits per heavy atom. The topological polar surface area (TPSA) is 9.72 Å². The quantitative estimate of drug-likeness (QED) is 0.164. The summed E-state index contributed by atoms with van der Waals surface area (Å²) in [5, 5.41) is 3.20. The number of hydrogen-bond acceptors (Lipinski definition) is 3. The van der Waals surface area contributed by atoms with Crippen LogP contribution in [0.1, 0.15) is 101 Å². The Morgan fingerprint density at radius 1 is 0.483 bits per heavy atom. The average molecular weight is 824 g/mol. The highest BCUT2D eigenvalue weighted by molar-refractivity contribution is 7.01. The summed E-state index contributed by atoms with van der Waals surface area (Å²) in [5.74, 6) is 0. The van der Waals surface area contributed by atoms with Crippen molar-refractivity contribution in [3.05, 3.63) is 107 Å². The van der Waals surface area contributed by atoms with Crippen molar-refractivity contribution in [1.82, 2.24) is 0 Å². The van der Waals surface area contributed by atoms with E-state index in [4.69, 9.17) is 0 Å². The van der Waals surface area contributed by atoms with Crippen LogP contribution in [0.2, 0.25) is 39.3 Å². The summed E-state index contributed by atoms with van der Waals surface area (Å²) in [6, 6.07) is 35.2. The Labute approximate surface area is 363 Å². The van der Waals surface area contributed by atoms with E-state index in [0.29, 0.717) is 0 Å². The molecular weight excluding hydrogens is 758 g/mol. The van der Waals surface area contributed by atoms with E-state index in [1.54, 1.807) is 27.0 Å². The fourth-order valence-corrected chi connectivity index (χ4v) is 15.9. The van der Waals surface area contributed by atoms with E-state index >= 15 is 0 Å². The van der Waals surface area contributed by atoms with Gasteiger partial charge in [-0.05, 0) is 117 Å². The molecule has 0 N–H and O–H groups in total. The van der Waals surface area contributed by atoms with Crippen LogP contribution in [0.4, 0.5) is 39.8 Å². The van der Waals surface area contributed by atoms with E-state index < -0.39 is 16.1 Å². The Hall–Kier alpha value is -4.00. The number of hydrogen-bond donors (Lipinski definition) is 0. The van der Waals surface area contributed by atoms with Gasteiger partial charge in [-0.2, -0.15) is 0 Å². The molecule has 4 unspecified atom stereocenters. The molecule has 4 heterocycles. The minimum Gasteiger partial charge on any atom is -0.335 e. The SMILES string of the molecule is Cc1ccc(N2c3ccc(C)cc3B3c4cc([Si](C)(C)C)cc5c4N(c4cc(N6c7ccc([Si](C)(C)C)cc7C7(C)CCCCC67C)cc2c43)C2(C)CCCCC52C)cc1. The van der Waals surface area contributed by atoms with Gasteiger partial charge in [-0.3, -0.25) is 0 Å². The molecule has 2 fully saturated rings. The lowest BCUT2D eigenvalue weighted by Gasteiger charge is -2.53. The standard InChI is InChI=1S/C54H66BN3Si2/c1-35-17-20-37(21-18-35)56-46-23-19-36(2)29-43(46)55-44-34-40(60(10,11)12)33-42-50(44)58(54(6)28-16-14-26-52(42,54)4)48-31-38(30-47(56)49(48)55)57-45-24-22-39(59(7,8)9)32-41(45)51(3)25-13-15-27-53(51,57)5/h17-24,29-34H,13-16,25-28H2,1-12H3. The second-order valence-electron chi connectivity index (χ2n) is 23.1. The van der Waals surface area contributed by atoms with Gasteiger partial charge in [-0.1, -0.05) is 149 Å². The third-order valence-corrected chi connectivity index (χ3v) is 21.6. The van der Waals surface area contributed by atoms with Crippen LogP contribution in [-0.2, 0) is 10.8 Å². The van der Waals surface area contributed by atoms with Gasteiger partial charge in [-0.25, -0.2) is 0 Å². The van der Waals surface area contributed by atoms with Gasteiger partial charge in [-0.15, -0.1) is 0 Å². The summed E-state index contributed by atoms with van der Waals surface area (Å²) in [6.07, 6.45) is 10.1. The van der Waals surface area contributed by atoms with Crippen LogP contribution in [-0.4, -0.2) is 33.9 Å². The fraction of sp³-hybridized carbons (Fsp3) is 0.444. The second-order valence-corrected chi connectivity index (χ2v) is 33.2. The molecule has 2 saturated carbocycles. The first kappa shape index (κ1) is 38.9. The lowest BCUT2D eigenvalue weighted by Crippen LogP contribution is -2.65. The van der Waals surface area contributed by atoms with Crippen LogP contribution in [0.25, 0.3) is 0 Å². The predicted molar refractivity (Wildman–Crippen MR) is 267 cm³/mol. The first-order valence-corrected chi connectivity index (χ1v) is 30.4. The molecular formula is C54H66BN3Si2. The van der Waals surface area contributed by atoms with Gasteiger partial charge in [0.05, 0.1) is 27.2 Å². The van der Waals surface area contributed by atoms with Crippen LogP contribution in [0.3, 0.4) is 0 Å². The zero-order chi connectivity index (χ0) is 42.1. The van der Waals surface area contributed by atoms with Gasteiger partial charge < -0.3 is 14.7 Å². The zero-order valence-electron chi connectivity index (χ0n) is 38.7. The van der Waals surface area contributed by atoms with Gasteiger partial charge >= 0.3 is 0 Å². The molecule has 2 aliphatic carbocycles. The number of aryl methyl sites for hydroxylation is 2. The molecule has 0 saturated heterocycles. The highest BCUT2D eigenvalue weighted by atomic mass is 28.3. The van der Waals surface area contributed by atoms with Gasteiger partial charge in [0.1, 0.15) is 0 Å². The average Bonchev–Trinajstić information content (AvgIpc) is 3.54. The minimum absolute atomic E-state index is 0.0300. The zero-order valence-corrected chi connectivity index (χ0v) is 40.7. The van der Waals surface area contributed by atoms with Gasteiger partial charge in [0.2, 0.25) is 0 Å². The van der Waals surface area contributed by atoms with E-state index in [-0.39, 0.29) is 28.6 Å². The van der Waals surface area contributed by atoms with Crippen molar-refractivity contribution in [3.63, 3.8) is 0 Å². The third kappa shape index (κ3) is 4.90. The van der Waals surface area contributed by atoms with E-state index in [9.17, 15) is 0 Å². The highest BCUT2D eigenvalue weighted by Gasteiger charge is 2.63. The van der Waals surface area contributed by atoms with Gasteiger partial charge in [0.25, 0.3) is 6.71 Å². The van der Waals surface area contributed by atoms with Crippen molar-refractivity contribution in [2.45, 2.75) is 154 Å². The molecule has 0 bridgehead atoms. The van der Waals surface area contributed by atoms with Crippen molar-refractivity contribution in [2.75, 3.05) is 14.7 Å². The van der Waals surface area contributed by atoms with Crippen LogP contribution >= 0.6 is 0 Å². The monoisotopic (exact) mass is 823 g/mol. The Morgan fingerprint density at radius 2 is 1.05 bits per heavy atom. The summed E-state index contributed by atoms with van der Waals surface area (Å²) in [7, 11) is -3.21. The van der Waals surface area contributed by atoms with Crippen LogP contribution in [0.5, 0.6) is 0 Å². The second kappa shape index (κ2) is 12.3. The molecule has 0 amide bonds. The van der Waals surface area contributed by atoms with Crippen LogP contribution in [0, 0.1) is 13.8 Å². The molecule has 11 rings (SSSR count). The smallest absolute Gasteiger partial charge is 0.252 e. The molecule has 6 heteroatoms. The van der Waals surface area contributed by atoms with E-state index in [1.165, 1.54) is 113 Å². The van der Waals surface area contributed by atoms with Crippen molar-refractivity contribution in [1.29, 1.82) is 0 Å². The number of anilines is 7. The largest absolute Gasteiger partial charge is 0.335 e. The molecule has 0 aromatic heterocycles. The Bertz CT molecular complexity index is 2660. The lowest BCUT2D eigenvalue weighted by atomic mass is 9.33. The van der Waals surface area contributed by atoms with E-state index in [0.717, 1.165) is 0 Å². The lowest BCUT2D eigenvalue weighted by molar-refractivity contribution is 0.194. The third-order valence-electron chi connectivity index (χ3n) is 17.6. The van der Waals surface area contributed by atoms with Crippen LogP contribution in [0.15, 0.2) is 84.9 Å². The number of fused-ring (bicyclic) bond motifs is 10. The highest BCUT2D eigenvalue weighted by Crippen LogP contribution is 2.64. The summed E-state index contributed by atoms with van der Waals surface area (Å²) < 4.78 is 0. The maximum atomic E-state index is 2.96. The Kier molecular flexibility index (Phi) is 8.00. The first-order valence-electron chi connectivity index (χ1n) is 23.4. The van der Waals surface area contributed by atoms with Crippen molar-refractivity contribution in [2.24, 2.45) is 0 Å². The molecule has 0 spiro atoms. The maximum absolute atomic E-state index is 2.96. The number of nitrogens with zero attached hydrogens (tertiary/aromatic N) is 3. The predicted octanol–water partition coefficient (Wildman–Crippen LogP) is 11.5. The summed E-state index contributed by atoms with van der Waals surface area (Å²) in [4.78, 5) is 8.50. The van der Waals surface area contributed by atoms with Crippen molar-refractivity contribution in [3.8, 4) is 0 Å². The van der Waals surface area contributed by atoms with E-state index in [1.807, 2.05) is 0 Å². The molecule has 308 valence electrons. The molecule has 60 heavy (non-hydrogen) atoms. The van der Waals surface area contributed by atoms with Gasteiger partial charge in [0.15, 0.2) is 0 Å². The first-order chi connectivity index (χ1) is 28.3. The molecule has 4 aliphatic heterocycles. The van der Waals surface area contributed by atoms with Crippen molar-refractivity contribution >= 4 is 89.4 Å². The van der Waals surface area contributed by atoms with Crippen LogP contribution < -0.4 is 41.5 Å². The molecule has 4 atom stereocenters. The summed E-state index contributed by atoms with van der Waals surface area (Å²) >= 11 is 0. The maximum Gasteiger partial charge on any atom is 0.252 e. The molecule has 5 aromatic carbocycles. The van der Waals surface area contributed by atoms with Crippen molar-refractivity contribution < 1.29 is 0 Å². The fourth-order valence-electron chi connectivity index (χ4n) is 13.6. The number of rotatable bonds is 4. The normalized spacial score (nSPS) is 27.3.